The predicted molar refractivity (Wildman–Crippen MR) is 205 cm³/mol. The minimum Gasteiger partial charge on any atom is -0.411 e. The number of urea groups is 1. The van der Waals surface area contributed by atoms with E-state index in [0.29, 0.717) is 25.2 Å². The Labute approximate surface area is 312 Å². The van der Waals surface area contributed by atoms with E-state index in [9.17, 15) is 23.1 Å². The van der Waals surface area contributed by atoms with Crippen LogP contribution in [0.4, 0.5) is 4.79 Å². The smallest absolute Gasteiger partial charge is 0.321 e. The number of carbonyl (C=O) groups excluding carboxylic acids is 2. The first-order valence-electron chi connectivity index (χ1n) is 17.9. The zero-order valence-electron chi connectivity index (χ0n) is 31.0. The van der Waals surface area contributed by atoms with E-state index in [0.717, 1.165) is 22.0 Å². The third-order valence-corrected chi connectivity index (χ3v) is 11.2. The fourth-order valence-corrected chi connectivity index (χ4v) is 8.41. The Morgan fingerprint density at radius 2 is 1.70 bits per heavy atom. The number of amides is 3. The maximum absolute atomic E-state index is 14.4. The zero-order valence-corrected chi connectivity index (χ0v) is 31.8. The SMILES string of the molecule is CC(C)CN(C[C@H](O)[C@H](Cc1ccccc1)NC(=O)[C@@H](N1CCN(Cc2ccc3cccnc3c2)C1=O)C(C)(C)C)S(=O)(=O)c1ccc(C=NO)cc1. The van der Waals surface area contributed by atoms with Crippen molar-refractivity contribution in [2.24, 2.45) is 16.5 Å². The van der Waals surface area contributed by atoms with Gasteiger partial charge >= 0.3 is 6.03 Å². The molecule has 13 heteroatoms. The summed E-state index contributed by atoms with van der Waals surface area (Å²) in [5.41, 5.74) is 2.47. The molecule has 12 nitrogen and oxygen atoms in total. The molecule has 4 aromatic rings. The zero-order chi connectivity index (χ0) is 38.3. The lowest BCUT2D eigenvalue weighted by Crippen LogP contribution is -2.59. The molecule has 3 aromatic carbocycles. The molecule has 1 aliphatic heterocycles. The molecule has 1 fully saturated rings. The molecule has 5 rings (SSSR count). The topological polar surface area (TPSA) is 156 Å². The van der Waals surface area contributed by atoms with Gasteiger partial charge < -0.3 is 25.4 Å². The van der Waals surface area contributed by atoms with Crippen LogP contribution in [-0.2, 0) is 27.8 Å². The van der Waals surface area contributed by atoms with Gasteiger partial charge in [0.25, 0.3) is 0 Å². The van der Waals surface area contributed by atoms with E-state index in [-0.39, 0.29) is 36.4 Å². The number of carbonyl (C=O) groups is 2. The van der Waals surface area contributed by atoms with Gasteiger partial charge in [0.1, 0.15) is 6.04 Å². The Kier molecular flexibility index (Phi) is 12.5. The fourth-order valence-electron chi connectivity index (χ4n) is 6.79. The van der Waals surface area contributed by atoms with Gasteiger partial charge in [0.2, 0.25) is 15.9 Å². The van der Waals surface area contributed by atoms with Gasteiger partial charge in [0.15, 0.2) is 0 Å². The number of aliphatic hydroxyl groups excluding tert-OH is 1. The molecule has 0 spiro atoms. The lowest BCUT2D eigenvalue weighted by atomic mass is 9.84. The third kappa shape index (κ3) is 9.78. The van der Waals surface area contributed by atoms with Crippen molar-refractivity contribution in [3.05, 3.63) is 108 Å². The van der Waals surface area contributed by atoms with Crippen LogP contribution in [0.5, 0.6) is 0 Å². The number of nitrogens with one attached hydrogen (secondary N) is 1. The van der Waals surface area contributed by atoms with Gasteiger partial charge in [-0.1, -0.05) is 100 Å². The monoisotopic (exact) mass is 742 g/mol. The van der Waals surface area contributed by atoms with Crippen LogP contribution in [0.3, 0.4) is 0 Å². The number of aromatic nitrogens is 1. The lowest BCUT2D eigenvalue weighted by Gasteiger charge is -2.38. The second-order valence-electron chi connectivity index (χ2n) is 15.1. The van der Waals surface area contributed by atoms with Gasteiger partial charge in [-0.25, -0.2) is 13.2 Å². The predicted octanol–water partition coefficient (Wildman–Crippen LogP) is 5.13. The summed E-state index contributed by atoms with van der Waals surface area (Å²) in [5.74, 6) is -0.498. The van der Waals surface area contributed by atoms with Crippen molar-refractivity contribution in [2.45, 2.75) is 70.7 Å². The molecule has 1 aromatic heterocycles. The van der Waals surface area contributed by atoms with Gasteiger partial charge in [-0.05, 0) is 58.7 Å². The number of hydrogen-bond donors (Lipinski definition) is 3. The molecule has 282 valence electrons. The Bertz CT molecular complexity index is 2000. The molecule has 3 atom stereocenters. The average Bonchev–Trinajstić information content (AvgIpc) is 3.45. The summed E-state index contributed by atoms with van der Waals surface area (Å²) in [7, 11) is -4.07. The first-order valence-corrected chi connectivity index (χ1v) is 19.3. The summed E-state index contributed by atoms with van der Waals surface area (Å²) in [6.07, 6.45) is 1.86. The number of rotatable bonds is 15. The molecule has 2 heterocycles. The Hall–Kier alpha value is -4.85. The number of benzene rings is 3. The molecule has 0 bridgehead atoms. The summed E-state index contributed by atoms with van der Waals surface area (Å²) in [6.45, 7) is 10.5. The summed E-state index contributed by atoms with van der Waals surface area (Å²) in [6, 6.07) is 23.1. The molecule has 3 amide bonds. The van der Waals surface area contributed by atoms with Gasteiger partial charge in [-0.15, -0.1) is 0 Å². The van der Waals surface area contributed by atoms with Gasteiger partial charge in [0.05, 0.1) is 28.8 Å². The first kappa shape index (κ1) is 39.4. The van der Waals surface area contributed by atoms with E-state index >= 15 is 0 Å². The Morgan fingerprint density at radius 1 is 0.981 bits per heavy atom. The van der Waals surface area contributed by atoms with E-state index in [2.05, 4.69) is 15.5 Å². The normalized spacial score (nSPS) is 15.8. The number of fused-ring (bicyclic) bond motifs is 1. The van der Waals surface area contributed by atoms with E-state index in [1.54, 1.807) is 16.0 Å². The molecule has 1 aliphatic rings. The lowest BCUT2D eigenvalue weighted by molar-refractivity contribution is -0.130. The van der Waals surface area contributed by atoms with Crippen LogP contribution in [0, 0.1) is 11.3 Å². The van der Waals surface area contributed by atoms with Crippen LogP contribution >= 0.6 is 0 Å². The maximum atomic E-state index is 14.4. The molecule has 3 N–H and O–H groups in total. The molecular formula is C40H50N6O6S. The quantitative estimate of drug-likeness (QED) is 0.0867. The van der Waals surface area contributed by atoms with Crippen molar-refractivity contribution in [1.82, 2.24) is 24.4 Å². The largest absolute Gasteiger partial charge is 0.411 e. The minimum atomic E-state index is -4.07. The van der Waals surface area contributed by atoms with Gasteiger partial charge in [0, 0.05) is 44.3 Å². The van der Waals surface area contributed by atoms with E-state index in [4.69, 9.17) is 5.21 Å². The summed E-state index contributed by atoms with van der Waals surface area (Å²) in [4.78, 5) is 36.1. The number of hydrogen-bond acceptors (Lipinski definition) is 8. The van der Waals surface area contributed by atoms with Gasteiger partial charge in [-0.2, -0.15) is 4.31 Å². The third-order valence-electron chi connectivity index (χ3n) is 9.33. The van der Waals surface area contributed by atoms with Crippen LogP contribution in [0.25, 0.3) is 10.9 Å². The standard InChI is InChI=1S/C40H50N6O6S/c1-28(2)25-45(53(51,52)33-17-14-30(15-18-33)24-42-50)27-36(47)35(22-29-10-7-6-8-11-29)43-38(48)37(40(3,4)5)46-21-20-44(39(46)49)26-31-13-16-32-12-9-19-41-34(32)23-31/h6-19,23-24,28,35-37,47,50H,20-22,25-27H2,1-5H3,(H,43,48)/t35-,36-,37+/m0/s1. The Balaban J connectivity index is 1.38. The maximum Gasteiger partial charge on any atom is 0.321 e. The summed E-state index contributed by atoms with van der Waals surface area (Å²) in [5, 5.41) is 27.8. The van der Waals surface area contributed by atoms with Crippen molar-refractivity contribution >= 4 is 39.1 Å². The minimum absolute atomic E-state index is 0.0222. The van der Waals surface area contributed by atoms with Crippen molar-refractivity contribution in [1.29, 1.82) is 0 Å². The van der Waals surface area contributed by atoms with Crippen LogP contribution in [0.2, 0.25) is 0 Å². The number of oxime groups is 1. The highest BCUT2D eigenvalue weighted by Crippen LogP contribution is 2.29. The van der Waals surface area contributed by atoms with E-state index in [1.165, 1.54) is 34.8 Å². The van der Waals surface area contributed by atoms with Crippen molar-refractivity contribution in [2.75, 3.05) is 26.2 Å². The molecule has 0 aliphatic carbocycles. The van der Waals surface area contributed by atoms with Crippen LogP contribution in [0.15, 0.2) is 101 Å². The molecular weight excluding hydrogens is 693 g/mol. The van der Waals surface area contributed by atoms with Crippen molar-refractivity contribution in [3.8, 4) is 0 Å². The summed E-state index contributed by atoms with van der Waals surface area (Å²) >= 11 is 0. The van der Waals surface area contributed by atoms with E-state index < -0.39 is 39.5 Å². The average molecular weight is 743 g/mol. The summed E-state index contributed by atoms with van der Waals surface area (Å²) < 4.78 is 29.1. The number of nitrogens with zero attached hydrogens (tertiary/aromatic N) is 5. The number of sulfonamides is 1. The highest BCUT2D eigenvalue weighted by Gasteiger charge is 2.44. The van der Waals surface area contributed by atoms with Crippen molar-refractivity contribution in [3.63, 3.8) is 0 Å². The number of aliphatic hydroxyl groups is 1. The molecule has 53 heavy (non-hydrogen) atoms. The highest BCUT2D eigenvalue weighted by molar-refractivity contribution is 7.89. The van der Waals surface area contributed by atoms with Crippen LogP contribution < -0.4 is 5.32 Å². The fraction of sp³-hybridized carbons (Fsp3) is 0.400. The second kappa shape index (κ2) is 16.9. The first-order chi connectivity index (χ1) is 25.2. The molecule has 0 unspecified atom stereocenters. The van der Waals surface area contributed by atoms with Crippen LogP contribution in [-0.4, -0.2) is 100 Å². The molecule has 1 saturated heterocycles. The second-order valence-corrected chi connectivity index (χ2v) is 17.0. The van der Waals surface area contributed by atoms with E-state index in [1.807, 2.05) is 95.3 Å². The van der Waals surface area contributed by atoms with Crippen LogP contribution in [0.1, 0.15) is 51.3 Å². The number of pyridine rings is 1. The molecule has 0 saturated carbocycles. The Morgan fingerprint density at radius 3 is 2.36 bits per heavy atom. The van der Waals surface area contributed by atoms with Crippen molar-refractivity contribution < 1.29 is 28.3 Å². The highest BCUT2D eigenvalue weighted by atomic mass is 32.2. The van der Waals surface area contributed by atoms with Gasteiger partial charge in [-0.3, -0.25) is 9.78 Å². The molecule has 0 radical (unpaired) electrons.